The van der Waals surface area contributed by atoms with Gasteiger partial charge in [0, 0.05) is 19.0 Å². The van der Waals surface area contributed by atoms with E-state index in [1.54, 1.807) is 6.92 Å². The van der Waals surface area contributed by atoms with Gasteiger partial charge < -0.3 is 5.32 Å². The summed E-state index contributed by atoms with van der Waals surface area (Å²) in [5, 5.41) is 3.01. The number of ketones is 1. The highest BCUT2D eigenvalue weighted by molar-refractivity contribution is 5.81. The summed E-state index contributed by atoms with van der Waals surface area (Å²) >= 11 is 0. The number of amides is 1. The molecule has 1 rings (SSSR count). The van der Waals surface area contributed by atoms with Crippen molar-refractivity contribution in [2.24, 2.45) is 0 Å². The van der Waals surface area contributed by atoms with Crippen LogP contribution >= 0.6 is 0 Å². The molecule has 4 nitrogen and oxygen atoms in total. The molecule has 0 saturated carbocycles. The van der Waals surface area contributed by atoms with Crippen molar-refractivity contribution in [2.75, 3.05) is 13.1 Å². The van der Waals surface area contributed by atoms with Crippen molar-refractivity contribution in [2.45, 2.75) is 77.8 Å². The van der Waals surface area contributed by atoms with Crippen LogP contribution in [0.4, 0.5) is 0 Å². The molecule has 0 bridgehead atoms. The Kier molecular flexibility index (Phi) is 7.82. The minimum absolute atomic E-state index is 0.105. The zero-order valence-corrected chi connectivity index (χ0v) is 13.3. The Morgan fingerprint density at radius 2 is 2.05 bits per heavy atom. The summed E-state index contributed by atoms with van der Waals surface area (Å²) in [5.41, 5.74) is 0. The molecule has 20 heavy (non-hydrogen) atoms. The lowest BCUT2D eigenvalue weighted by atomic mass is 10.0. The SMILES string of the molecule is CCCCNC(=O)C(C)N1CCCCCC1CC(C)=O. The molecule has 4 heteroatoms. The van der Waals surface area contributed by atoms with Gasteiger partial charge in [0.1, 0.15) is 5.78 Å². The van der Waals surface area contributed by atoms with Gasteiger partial charge in [0.05, 0.1) is 6.04 Å². The van der Waals surface area contributed by atoms with Crippen LogP contribution in [-0.2, 0) is 9.59 Å². The molecule has 0 radical (unpaired) electrons. The van der Waals surface area contributed by atoms with Gasteiger partial charge in [0.25, 0.3) is 0 Å². The molecular formula is C16H30N2O2. The van der Waals surface area contributed by atoms with E-state index < -0.39 is 0 Å². The number of nitrogens with zero attached hydrogens (tertiary/aromatic N) is 1. The fourth-order valence-corrected chi connectivity index (χ4v) is 2.95. The fraction of sp³-hybridized carbons (Fsp3) is 0.875. The number of carbonyl (C=O) groups excluding carboxylic acids is 2. The number of rotatable bonds is 7. The summed E-state index contributed by atoms with van der Waals surface area (Å²) in [6, 6.07) is 0.108. The summed E-state index contributed by atoms with van der Waals surface area (Å²) in [6.07, 6.45) is 7.22. The quantitative estimate of drug-likeness (QED) is 0.730. The normalized spacial score (nSPS) is 22.1. The van der Waals surface area contributed by atoms with Gasteiger partial charge in [-0.1, -0.05) is 26.2 Å². The first-order valence-corrected chi connectivity index (χ1v) is 8.09. The van der Waals surface area contributed by atoms with Gasteiger partial charge in [-0.05, 0) is 39.7 Å². The first-order chi connectivity index (χ1) is 9.56. The Hall–Kier alpha value is -0.900. The van der Waals surface area contributed by atoms with Gasteiger partial charge in [-0.15, -0.1) is 0 Å². The van der Waals surface area contributed by atoms with Crippen molar-refractivity contribution in [3.63, 3.8) is 0 Å². The molecule has 1 aliphatic heterocycles. The topological polar surface area (TPSA) is 49.4 Å². The third-order valence-corrected chi connectivity index (χ3v) is 4.15. The highest BCUT2D eigenvalue weighted by atomic mass is 16.2. The second-order valence-corrected chi connectivity index (χ2v) is 5.97. The Balaban J connectivity index is 2.61. The molecular weight excluding hydrogens is 252 g/mol. The molecule has 2 unspecified atom stereocenters. The van der Waals surface area contributed by atoms with E-state index in [9.17, 15) is 9.59 Å². The van der Waals surface area contributed by atoms with Gasteiger partial charge in [-0.25, -0.2) is 0 Å². The van der Waals surface area contributed by atoms with Crippen molar-refractivity contribution in [3.05, 3.63) is 0 Å². The summed E-state index contributed by atoms with van der Waals surface area (Å²) in [6.45, 7) is 7.42. The van der Waals surface area contributed by atoms with Crippen LogP contribution in [0.2, 0.25) is 0 Å². The number of Topliss-reactive ketones (excluding diaryl/α,β-unsaturated/α-hetero) is 1. The van der Waals surface area contributed by atoms with Crippen molar-refractivity contribution in [3.8, 4) is 0 Å². The van der Waals surface area contributed by atoms with Crippen LogP contribution in [0.3, 0.4) is 0 Å². The minimum atomic E-state index is -0.130. The zero-order valence-electron chi connectivity index (χ0n) is 13.3. The largest absolute Gasteiger partial charge is 0.355 e. The Labute approximate surface area is 123 Å². The molecule has 0 aliphatic carbocycles. The summed E-state index contributed by atoms with van der Waals surface area (Å²) in [7, 11) is 0. The fourth-order valence-electron chi connectivity index (χ4n) is 2.95. The first-order valence-electron chi connectivity index (χ1n) is 8.09. The van der Waals surface area contributed by atoms with Crippen LogP contribution in [0.15, 0.2) is 0 Å². The van der Waals surface area contributed by atoms with Crippen molar-refractivity contribution >= 4 is 11.7 Å². The van der Waals surface area contributed by atoms with Gasteiger partial charge in [0.2, 0.25) is 5.91 Å². The van der Waals surface area contributed by atoms with E-state index in [0.29, 0.717) is 6.42 Å². The second-order valence-electron chi connectivity index (χ2n) is 5.97. The van der Waals surface area contributed by atoms with E-state index in [1.807, 2.05) is 6.92 Å². The van der Waals surface area contributed by atoms with Crippen LogP contribution < -0.4 is 5.32 Å². The lowest BCUT2D eigenvalue weighted by molar-refractivity contribution is -0.128. The van der Waals surface area contributed by atoms with Crippen LogP contribution in [0, 0.1) is 0 Å². The molecule has 0 aromatic carbocycles. The van der Waals surface area contributed by atoms with Gasteiger partial charge in [-0.2, -0.15) is 0 Å². The van der Waals surface area contributed by atoms with E-state index in [-0.39, 0.29) is 23.8 Å². The number of carbonyl (C=O) groups is 2. The molecule has 2 atom stereocenters. The van der Waals surface area contributed by atoms with Crippen LogP contribution in [-0.4, -0.2) is 41.8 Å². The summed E-state index contributed by atoms with van der Waals surface area (Å²) in [5.74, 6) is 0.328. The highest BCUT2D eigenvalue weighted by Crippen LogP contribution is 2.22. The molecule has 0 aromatic heterocycles. The van der Waals surface area contributed by atoms with Crippen molar-refractivity contribution in [1.82, 2.24) is 10.2 Å². The number of hydrogen-bond acceptors (Lipinski definition) is 3. The minimum Gasteiger partial charge on any atom is -0.355 e. The maximum Gasteiger partial charge on any atom is 0.237 e. The molecule has 1 fully saturated rings. The molecule has 0 aromatic rings. The van der Waals surface area contributed by atoms with Crippen molar-refractivity contribution < 1.29 is 9.59 Å². The predicted molar refractivity (Wildman–Crippen MR) is 81.6 cm³/mol. The average molecular weight is 282 g/mol. The maximum atomic E-state index is 12.2. The molecule has 1 amide bonds. The standard InChI is InChI=1S/C16H30N2O2/c1-4-5-10-17-16(20)14(3)18-11-8-6-7-9-15(18)12-13(2)19/h14-15H,4-12H2,1-3H3,(H,17,20). The lowest BCUT2D eigenvalue weighted by Crippen LogP contribution is -2.50. The average Bonchev–Trinajstić information content (AvgIpc) is 2.63. The smallest absolute Gasteiger partial charge is 0.237 e. The summed E-state index contributed by atoms with van der Waals surface area (Å²) in [4.78, 5) is 25.9. The maximum absolute atomic E-state index is 12.2. The van der Waals surface area contributed by atoms with E-state index in [4.69, 9.17) is 0 Å². The van der Waals surface area contributed by atoms with E-state index in [0.717, 1.165) is 38.8 Å². The zero-order chi connectivity index (χ0) is 15.0. The van der Waals surface area contributed by atoms with Crippen LogP contribution in [0.5, 0.6) is 0 Å². The first kappa shape index (κ1) is 17.2. The van der Waals surface area contributed by atoms with E-state index >= 15 is 0 Å². The monoisotopic (exact) mass is 282 g/mol. The second kappa shape index (κ2) is 9.11. The van der Waals surface area contributed by atoms with Gasteiger partial charge in [0.15, 0.2) is 0 Å². The number of likely N-dealkylation sites (tertiary alicyclic amines) is 1. The van der Waals surface area contributed by atoms with Crippen molar-refractivity contribution in [1.29, 1.82) is 0 Å². The molecule has 1 saturated heterocycles. The Morgan fingerprint density at radius 1 is 1.30 bits per heavy atom. The number of unbranched alkanes of at least 4 members (excludes halogenated alkanes) is 1. The molecule has 1 heterocycles. The lowest BCUT2D eigenvalue weighted by Gasteiger charge is -2.34. The Morgan fingerprint density at radius 3 is 2.70 bits per heavy atom. The summed E-state index contributed by atoms with van der Waals surface area (Å²) < 4.78 is 0. The third kappa shape index (κ3) is 5.61. The molecule has 1 N–H and O–H groups in total. The molecule has 1 aliphatic rings. The van der Waals surface area contributed by atoms with Crippen LogP contribution in [0.25, 0.3) is 0 Å². The Bertz CT molecular complexity index is 318. The molecule has 0 spiro atoms. The number of nitrogens with one attached hydrogen (secondary N) is 1. The van der Waals surface area contributed by atoms with E-state index in [1.165, 1.54) is 12.8 Å². The van der Waals surface area contributed by atoms with Crippen LogP contribution in [0.1, 0.15) is 65.7 Å². The van der Waals surface area contributed by atoms with Gasteiger partial charge >= 0.3 is 0 Å². The third-order valence-electron chi connectivity index (χ3n) is 4.15. The van der Waals surface area contributed by atoms with Gasteiger partial charge in [-0.3, -0.25) is 14.5 Å². The highest BCUT2D eigenvalue weighted by Gasteiger charge is 2.29. The van der Waals surface area contributed by atoms with E-state index in [2.05, 4.69) is 17.1 Å². The number of hydrogen-bond donors (Lipinski definition) is 1. The molecule has 116 valence electrons. The predicted octanol–water partition coefficient (Wildman–Crippen LogP) is 2.51.